The van der Waals surface area contributed by atoms with Gasteiger partial charge in [0.05, 0.1) is 17.7 Å². The van der Waals surface area contributed by atoms with E-state index in [1.165, 1.54) is 12.1 Å². The van der Waals surface area contributed by atoms with E-state index in [1.54, 1.807) is 18.7 Å². The van der Waals surface area contributed by atoms with Gasteiger partial charge >= 0.3 is 12.2 Å². The van der Waals surface area contributed by atoms with Gasteiger partial charge in [0.25, 0.3) is 0 Å². The zero-order valence-corrected chi connectivity index (χ0v) is 13.8. The van der Waals surface area contributed by atoms with E-state index < -0.39 is 23.9 Å². The van der Waals surface area contributed by atoms with Crippen molar-refractivity contribution in [2.75, 3.05) is 13.1 Å². The Morgan fingerprint density at radius 2 is 1.92 bits per heavy atom. The summed E-state index contributed by atoms with van der Waals surface area (Å²) in [6.07, 6.45) is -3.12. The molecule has 1 aliphatic heterocycles. The van der Waals surface area contributed by atoms with Crippen LogP contribution in [0.5, 0.6) is 0 Å². The number of likely N-dealkylation sites (tertiary alicyclic amines) is 1. The fourth-order valence-electron chi connectivity index (χ4n) is 2.91. The molecule has 3 unspecified atom stereocenters. The Balaban J connectivity index is 1.96. The number of nitrogens with zero attached hydrogens (tertiary/aromatic N) is 1. The Morgan fingerprint density at radius 1 is 1.29 bits per heavy atom. The summed E-state index contributed by atoms with van der Waals surface area (Å²) in [5, 5.41) is 12.5. The minimum absolute atomic E-state index is 0.0610. The van der Waals surface area contributed by atoms with Crippen LogP contribution in [-0.2, 0) is 6.18 Å². The van der Waals surface area contributed by atoms with Gasteiger partial charge in [-0.3, -0.25) is 0 Å². The molecule has 3 atom stereocenters. The molecule has 0 aromatic heterocycles. The van der Waals surface area contributed by atoms with E-state index in [9.17, 15) is 23.1 Å². The van der Waals surface area contributed by atoms with Gasteiger partial charge in [-0.25, -0.2) is 4.79 Å². The number of aliphatic hydroxyl groups is 1. The zero-order valence-electron chi connectivity index (χ0n) is 13.8. The lowest BCUT2D eigenvalue weighted by atomic mass is 9.93. The first-order valence-electron chi connectivity index (χ1n) is 8.09. The predicted octanol–water partition coefficient (Wildman–Crippen LogP) is 3.57. The summed E-state index contributed by atoms with van der Waals surface area (Å²) >= 11 is 0. The highest BCUT2D eigenvalue weighted by molar-refractivity contribution is 5.74. The monoisotopic (exact) mass is 344 g/mol. The molecule has 2 N–H and O–H groups in total. The van der Waals surface area contributed by atoms with Gasteiger partial charge in [0, 0.05) is 19.0 Å². The maximum absolute atomic E-state index is 12.6. The largest absolute Gasteiger partial charge is 0.416 e. The number of hydrogen-bond donors (Lipinski definition) is 2. The van der Waals surface area contributed by atoms with Crippen LogP contribution in [0.4, 0.5) is 18.0 Å². The summed E-state index contributed by atoms with van der Waals surface area (Å²) in [5.74, 6) is 0.0610. The number of hydrogen-bond acceptors (Lipinski definition) is 2. The van der Waals surface area contributed by atoms with Crippen molar-refractivity contribution < 1.29 is 23.1 Å². The summed E-state index contributed by atoms with van der Waals surface area (Å²) in [6, 6.07) is 4.13. The number of urea groups is 1. The summed E-state index contributed by atoms with van der Waals surface area (Å²) < 4.78 is 37.7. The van der Waals surface area contributed by atoms with Crippen LogP contribution in [0.3, 0.4) is 0 Å². The van der Waals surface area contributed by atoms with Crippen molar-refractivity contribution in [3.05, 3.63) is 35.4 Å². The molecule has 24 heavy (non-hydrogen) atoms. The van der Waals surface area contributed by atoms with Crippen LogP contribution in [0.25, 0.3) is 0 Å². The van der Waals surface area contributed by atoms with E-state index in [1.807, 2.05) is 0 Å². The molecule has 0 aliphatic carbocycles. The molecule has 1 aromatic carbocycles. The van der Waals surface area contributed by atoms with Gasteiger partial charge in [-0.1, -0.05) is 12.1 Å². The lowest BCUT2D eigenvalue weighted by Gasteiger charge is -2.34. The molecule has 1 aromatic rings. The van der Waals surface area contributed by atoms with E-state index in [0.29, 0.717) is 18.7 Å². The third kappa shape index (κ3) is 4.63. The number of nitrogens with one attached hydrogen (secondary N) is 1. The van der Waals surface area contributed by atoms with Crippen molar-refractivity contribution >= 4 is 6.03 Å². The molecule has 2 rings (SSSR count). The van der Waals surface area contributed by atoms with Gasteiger partial charge in [-0.15, -0.1) is 0 Å². The number of benzene rings is 1. The molecule has 0 bridgehead atoms. The number of piperidine rings is 1. The first-order valence-corrected chi connectivity index (χ1v) is 8.09. The predicted molar refractivity (Wildman–Crippen MR) is 84.4 cm³/mol. The average Bonchev–Trinajstić information content (AvgIpc) is 2.54. The average molecular weight is 344 g/mol. The van der Waals surface area contributed by atoms with Crippen LogP contribution in [-0.4, -0.2) is 35.2 Å². The van der Waals surface area contributed by atoms with Crippen molar-refractivity contribution in [1.82, 2.24) is 10.2 Å². The second kappa shape index (κ2) is 7.42. The topological polar surface area (TPSA) is 52.6 Å². The van der Waals surface area contributed by atoms with Gasteiger partial charge in [-0.05, 0) is 44.4 Å². The van der Waals surface area contributed by atoms with Crippen LogP contribution >= 0.6 is 0 Å². The number of amides is 2. The smallest absolute Gasteiger partial charge is 0.393 e. The van der Waals surface area contributed by atoms with Gasteiger partial charge in [-0.2, -0.15) is 13.2 Å². The van der Waals surface area contributed by atoms with Crippen molar-refractivity contribution in [1.29, 1.82) is 0 Å². The molecule has 0 radical (unpaired) electrons. The third-order valence-corrected chi connectivity index (χ3v) is 4.51. The first-order chi connectivity index (χ1) is 11.2. The number of carbonyl (C=O) groups excluding carboxylic acids is 1. The number of alkyl halides is 3. The van der Waals surface area contributed by atoms with Crippen molar-refractivity contribution in [2.24, 2.45) is 5.92 Å². The van der Waals surface area contributed by atoms with Crippen molar-refractivity contribution in [3.63, 3.8) is 0 Å². The fourth-order valence-corrected chi connectivity index (χ4v) is 2.91. The van der Waals surface area contributed by atoms with Crippen LogP contribution in [0.15, 0.2) is 24.3 Å². The zero-order chi connectivity index (χ0) is 17.9. The Morgan fingerprint density at radius 3 is 2.46 bits per heavy atom. The highest BCUT2D eigenvalue weighted by atomic mass is 19.4. The van der Waals surface area contributed by atoms with Crippen LogP contribution in [0, 0.1) is 5.92 Å². The van der Waals surface area contributed by atoms with Crippen LogP contribution in [0.2, 0.25) is 0 Å². The Labute approximate surface area is 139 Å². The highest BCUT2D eigenvalue weighted by Crippen LogP contribution is 2.30. The number of halogens is 3. The molecule has 2 amide bonds. The van der Waals surface area contributed by atoms with Crippen LogP contribution < -0.4 is 5.32 Å². The highest BCUT2D eigenvalue weighted by Gasteiger charge is 2.30. The molecule has 4 nitrogen and oxygen atoms in total. The fraction of sp³-hybridized carbons (Fsp3) is 0.588. The van der Waals surface area contributed by atoms with Crippen molar-refractivity contribution in [2.45, 2.75) is 45.0 Å². The molecule has 1 heterocycles. The number of rotatable bonds is 3. The summed E-state index contributed by atoms with van der Waals surface area (Å²) in [4.78, 5) is 14.0. The minimum atomic E-state index is -4.37. The molecule has 1 aliphatic rings. The standard InChI is InChI=1S/C17H23F3N2O2/c1-11(13-5-7-15(8-6-13)17(18,19)20)21-16(24)22-9-3-4-14(10-22)12(2)23/h5-8,11-12,14,23H,3-4,9-10H2,1-2H3,(H,21,24). The van der Waals surface area contributed by atoms with E-state index in [-0.39, 0.29) is 11.9 Å². The number of carbonyl (C=O) groups is 1. The van der Waals surface area contributed by atoms with Crippen LogP contribution in [0.1, 0.15) is 43.9 Å². The van der Waals surface area contributed by atoms with Gasteiger partial charge < -0.3 is 15.3 Å². The second-order valence-electron chi connectivity index (χ2n) is 6.38. The minimum Gasteiger partial charge on any atom is -0.393 e. The molecular weight excluding hydrogens is 321 g/mol. The number of aliphatic hydroxyl groups excluding tert-OH is 1. The summed E-state index contributed by atoms with van der Waals surface area (Å²) in [6.45, 7) is 4.56. The van der Waals surface area contributed by atoms with Gasteiger partial charge in [0.1, 0.15) is 0 Å². The van der Waals surface area contributed by atoms with E-state index >= 15 is 0 Å². The van der Waals surface area contributed by atoms with Gasteiger partial charge in [0.2, 0.25) is 0 Å². The van der Waals surface area contributed by atoms with E-state index in [0.717, 1.165) is 25.0 Å². The Hall–Kier alpha value is -1.76. The molecule has 1 saturated heterocycles. The van der Waals surface area contributed by atoms with Crippen molar-refractivity contribution in [3.8, 4) is 0 Å². The molecule has 0 spiro atoms. The lowest BCUT2D eigenvalue weighted by Crippen LogP contribution is -2.47. The molecular formula is C17H23F3N2O2. The van der Waals surface area contributed by atoms with E-state index in [4.69, 9.17) is 0 Å². The molecule has 134 valence electrons. The Bertz CT molecular complexity index is 558. The summed E-state index contributed by atoms with van der Waals surface area (Å²) in [7, 11) is 0. The Kier molecular flexibility index (Phi) is 5.74. The molecule has 0 saturated carbocycles. The maximum atomic E-state index is 12.6. The maximum Gasteiger partial charge on any atom is 0.416 e. The molecule has 7 heteroatoms. The molecule has 1 fully saturated rings. The quantitative estimate of drug-likeness (QED) is 0.881. The lowest BCUT2D eigenvalue weighted by molar-refractivity contribution is -0.137. The SMILES string of the molecule is CC(NC(=O)N1CCCC(C(C)O)C1)c1ccc(C(F)(F)F)cc1. The van der Waals surface area contributed by atoms with Gasteiger partial charge in [0.15, 0.2) is 0 Å². The second-order valence-corrected chi connectivity index (χ2v) is 6.38. The first kappa shape index (κ1) is 18.6. The summed E-state index contributed by atoms with van der Waals surface area (Å²) in [5.41, 5.74) is -0.0963. The van der Waals surface area contributed by atoms with E-state index in [2.05, 4.69) is 5.32 Å². The normalized spacial score (nSPS) is 21.2. The third-order valence-electron chi connectivity index (χ3n) is 4.51.